The normalized spacial score (nSPS) is 19.5. The summed E-state index contributed by atoms with van der Waals surface area (Å²) in [6, 6.07) is 7.26. The second-order valence-electron chi connectivity index (χ2n) is 7.97. The van der Waals surface area contributed by atoms with E-state index in [9.17, 15) is 4.79 Å². The number of amides is 2. The molecule has 0 spiro atoms. The van der Waals surface area contributed by atoms with Gasteiger partial charge in [0.2, 0.25) is 0 Å². The van der Waals surface area contributed by atoms with Crippen LogP contribution in [-0.4, -0.2) is 60.2 Å². The van der Waals surface area contributed by atoms with Gasteiger partial charge >= 0.3 is 6.03 Å². The summed E-state index contributed by atoms with van der Waals surface area (Å²) in [5.41, 5.74) is 5.66. The maximum Gasteiger partial charge on any atom is 0.317 e. The summed E-state index contributed by atoms with van der Waals surface area (Å²) in [6.07, 6.45) is 4.37. The van der Waals surface area contributed by atoms with Crippen molar-refractivity contribution in [2.45, 2.75) is 45.2 Å². The summed E-state index contributed by atoms with van der Waals surface area (Å²) in [4.78, 5) is 16.6. The average Bonchev–Trinajstić information content (AvgIpc) is 3.23. The lowest BCUT2D eigenvalue weighted by molar-refractivity contribution is 0.203. The third-order valence-corrected chi connectivity index (χ3v) is 6.22. The smallest absolute Gasteiger partial charge is 0.317 e. The summed E-state index contributed by atoms with van der Waals surface area (Å²) in [5, 5.41) is 4.52. The molecule has 1 atom stereocenters. The number of urea groups is 1. The lowest BCUT2D eigenvalue weighted by Gasteiger charge is -2.20. The largest absolute Gasteiger partial charge is 0.344 e. The number of likely N-dealkylation sites (tertiary alicyclic amines) is 1. The van der Waals surface area contributed by atoms with Crippen molar-refractivity contribution >= 4 is 16.9 Å². The van der Waals surface area contributed by atoms with Crippen molar-refractivity contribution in [1.82, 2.24) is 19.7 Å². The van der Waals surface area contributed by atoms with Gasteiger partial charge in [-0.05, 0) is 57.8 Å². The minimum atomic E-state index is 0.0840. The molecular formula is C21H30N4O. The molecule has 3 heterocycles. The Kier molecular flexibility index (Phi) is 4.65. The van der Waals surface area contributed by atoms with Gasteiger partial charge in [0.15, 0.2) is 0 Å². The Morgan fingerprint density at radius 1 is 1.31 bits per heavy atom. The van der Waals surface area contributed by atoms with E-state index in [2.05, 4.69) is 54.0 Å². The SMILES string of the molecule is Cc1c(CCNC(=O)N2CCC(N(C)C)C2)c2cccc3c2n1CCC3. The van der Waals surface area contributed by atoms with Crippen molar-refractivity contribution < 1.29 is 4.79 Å². The number of rotatable bonds is 4. The fourth-order valence-electron chi connectivity index (χ4n) is 4.66. The van der Waals surface area contributed by atoms with Gasteiger partial charge in [-0.15, -0.1) is 0 Å². The van der Waals surface area contributed by atoms with Crippen LogP contribution in [0.15, 0.2) is 18.2 Å². The van der Waals surface area contributed by atoms with E-state index < -0.39 is 0 Å². The van der Waals surface area contributed by atoms with Gasteiger partial charge in [0.05, 0.1) is 5.52 Å². The van der Waals surface area contributed by atoms with Gasteiger partial charge in [0.1, 0.15) is 0 Å². The maximum atomic E-state index is 12.5. The van der Waals surface area contributed by atoms with Gasteiger partial charge < -0.3 is 19.7 Å². The first-order valence-electron chi connectivity index (χ1n) is 9.85. The number of nitrogens with one attached hydrogen (secondary N) is 1. The van der Waals surface area contributed by atoms with Crippen LogP contribution in [-0.2, 0) is 19.4 Å². The van der Waals surface area contributed by atoms with E-state index >= 15 is 0 Å². The van der Waals surface area contributed by atoms with Crippen LogP contribution >= 0.6 is 0 Å². The van der Waals surface area contributed by atoms with Crippen molar-refractivity contribution in [2.24, 2.45) is 0 Å². The minimum absolute atomic E-state index is 0.0840. The van der Waals surface area contributed by atoms with Crippen molar-refractivity contribution in [3.8, 4) is 0 Å². The summed E-state index contributed by atoms with van der Waals surface area (Å²) in [6.45, 7) is 5.74. The highest BCUT2D eigenvalue weighted by Gasteiger charge is 2.27. The fourth-order valence-corrected chi connectivity index (χ4v) is 4.66. The summed E-state index contributed by atoms with van der Waals surface area (Å²) >= 11 is 0. The molecular weight excluding hydrogens is 324 g/mol. The number of carbonyl (C=O) groups excluding carboxylic acids is 1. The van der Waals surface area contributed by atoms with Crippen LogP contribution in [0.25, 0.3) is 10.9 Å². The second kappa shape index (κ2) is 6.95. The molecule has 1 unspecified atom stereocenters. The van der Waals surface area contributed by atoms with Crippen molar-refractivity contribution in [1.29, 1.82) is 0 Å². The number of aryl methyl sites for hydroxylation is 2. The molecule has 1 aromatic heterocycles. The molecule has 0 aliphatic carbocycles. The molecule has 140 valence electrons. The van der Waals surface area contributed by atoms with Crippen molar-refractivity contribution in [2.75, 3.05) is 33.7 Å². The third-order valence-electron chi connectivity index (χ3n) is 6.22. The number of likely N-dealkylation sites (N-methyl/N-ethyl adjacent to an activating group) is 1. The standard InChI is InChI=1S/C21H30N4O/c1-15-18(19-8-4-6-16-7-5-12-25(15)20(16)19)9-11-22-21(26)24-13-10-17(14-24)23(2)3/h4,6,8,17H,5,7,9-14H2,1-3H3,(H,22,26). The number of nitrogens with zero attached hydrogens (tertiary/aromatic N) is 3. The summed E-state index contributed by atoms with van der Waals surface area (Å²) < 4.78 is 2.48. The van der Waals surface area contributed by atoms with E-state index in [4.69, 9.17) is 0 Å². The van der Waals surface area contributed by atoms with Crippen LogP contribution in [0, 0.1) is 6.92 Å². The van der Waals surface area contributed by atoms with Gasteiger partial charge in [0, 0.05) is 43.3 Å². The van der Waals surface area contributed by atoms with Gasteiger partial charge in [-0.25, -0.2) is 4.79 Å². The van der Waals surface area contributed by atoms with E-state index in [-0.39, 0.29) is 6.03 Å². The van der Waals surface area contributed by atoms with Crippen LogP contribution in [0.2, 0.25) is 0 Å². The Labute approximate surface area is 155 Å². The Balaban J connectivity index is 1.42. The van der Waals surface area contributed by atoms with Crippen molar-refractivity contribution in [3.05, 3.63) is 35.0 Å². The minimum Gasteiger partial charge on any atom is -0.344 e. The van der Waals surface area contributed by atoms with E-state index in [1.165, 1.54) is 40.6 Å². The first-order chi connectivity index (χ1) is 12.6. The molecule has 2 aliphatic rings. The molecule has 26 heavy (non-hydrogen) atoms. The zero-order valence-electron chi connectivity index (χ0n) is 16.2. The molecule has 0 bridgehead atoms. The summed E-state index contributed by atoms with van der Waals surface area (Å²) in [7, 11) is 4.18. The van der Waals surface area contributed by atoms with E-state index in [0.29, 0.717) is 12.6 Å². The van der Waals surface area contributed by atoms with Gasteiger partial charge in [0.25, 0.3) is 0 Å². The fraction of sp³-hybridized carbons (Fsp3) is 0.571. The van der Waals surface area contributed by atoms with E-state index in [1.54, 1.807) is 0 Å². The highest BCUT2D eigenvalue weighted by molar-refractivity contribution is 5.88. The predicted octanol–water partition coefficient (Wildman–Crippen LogP) is 2.78. The highest BCUT2D eigenvalue weighted by Crippen LogP contribution is 2.32. The third kappa shape index (κ3) is 2.98. The number of aromatic nitrogens is 1. The van der Waals surface area contributed by atoms with Crippen LogP contribution in [0.4, 0.5) is 4.79 Å². The molecule has 2 aromatic rings. The monoisotopic (exact) mass is 354 g/mol. The summed E-state index contributed by atoms with van der Waals surface area (Å²) in [5.74, 6) is 0. The van der Waals surface area contributed by atoms with Gasteiger partial charge in [-0.2, -0.15) is 0 Å². The first-order valence-corrected chi connectivity index (χ1v) is 9.85. The Morgan fingerprint density at radius 2 is 2.15 bits per heavy atom. The van der Waals surface area contributed by atoms with Gasteiger partial charge in [-0.3, -0.25) is 0 Å². The van der Waals surface area contributed by atoms with Crippen LogP contribution in [0.3, 0.4) is 0 Å². The molecule has 0 radical (unpaired) electrons. The maximum absolute atomic E-state index is 12.5. The van der Waals surface area contributed by atoms with Crippen LogP contribution in [0.1, 0.15) is 29.7 Å². The average molecular weight is 354 g/mol. The Hall–Kier alpha value is -2.01. The molecule has 1 fully saturated rings. The number of hydrogen-bond acceptors (Lipinski definition) is 2. The van der Waals surface area contributed by atoms with E-state index in [1.807, 2.05) is 4.90 Å². The Bertz CT molecular complexity index is 823. The number of benzene rings is 1. The molecule has 2 amide bonds. The van der Waals surface area contributed by atoms with Crippen molar-refractivity contribution in [3.63, 3.8) is 0 Å². The second-order valence-corrected chi connectivity index (χ2v) is 7.97. The number of hydrogen-bond donors (Lipinski definition) is 1. The zero-order chi connectivity index (χ0) is 18.3. The number of carbonyl (C=O) groups is 1. The molecule has 1 aromatic carbocycles. The zero-order valence-corrected chi connectivity index (χ0v) is 16.2. The van der Waals surface area contributed by atoms with E-state index in [0.717, 1.165) is 32.5 Å². The first kappa shape index (κ1) is 17.4. The molecule has 2 aliphatic heterocycles. The highest BCUT2D eigenvalue weighted by atomic mass is 16.2. The molecule has 1 N–H and O–H groups in total. The predicted molar refractivity (Wildman–Crippen MR) is 106 cm³/mol. The lowest BCUT2D eigenvalue weighted by Crippen LogP contribution is -2.41. The molecule has 0 saturated carbocycles. The van der Waals surface area contributed by atoms with Crippen LogP contribution in [0.5, 0.6) is 0 Å². The molecule has 4 rings (SSSR count). The number of para-hydroxylation sites is 1. The molecule has 5 heteroatoms. The lowest BCUT2D eigenvalue weighted by atomic mass is 10.0. The molecule has 1 saturated heterocycles. The quantitative estimate of drug-likeness (QED) is 0.917. The molecule has 5 nitrogen and oxygen atoms in total. The van der Waals surface area contributed by atoms with Gasteiger partial charge in [-0.1, -0.05) is 18.2 Å². The van der Waals surface area contributed by atoms with Crippen LogP contribution < -0.4 is 5.32 Å². The topological polar surface area (TPSA) is 40.5 Å². The Morgan fingerprint density at radius 3 is 2.92 bits per heavy atom.